The van der Waals surface area contributed by atoms with Crippen LogP contribution in [0.5, 0.6) is 0 Å². The first-order valence-electron chi connectivity index (χ1n) is 22.2. The summed E-state index contributed by atoms with van der Waals surface area (Å²) in [5, 5.41) is 71.8. The summed E-state index contributed by atoms with van der Waals surface area (Å²) in [7, 11) is 0. The number of aliphatic hydroxyl groups is 7. The summed E-state index contributed by atoms with van der Waals surface area (Å²) < 4.78 is 33.3. The van der Waals surface area contributed by atoms with E-state index in [-0.39, 0.29) is 19.4 Å². The second-order valence-corrected chi connectivity index (χ2v) is 15.1. The van der Waals surface area contributed by atoms with Crippen molar-refractivity contribution in [2.75, 3.05) is 26.4 Å². The van der Waals surface area contributed by atoms with Crippen molar-refractivity contribution in [3.8, 4) is 0 Å². The molecule has 15 nitrogen and oxygen atoms in total. The summed E-state index contributed by atoms with van der Waals surface area (Å²) in [5.41, 5.74) is 0. The summed E-state index contributed by atoms with van der Waals surface area (Å²) in [4.78, 5) is 25.5. The lowest BCUT2D eigenvalue weighted by Crippen LogP contribution is -2.61. The second kappa shape index (κ2) is 34.1. The van der Waals surface area contributed by atoms with Crippen molar-refractivity contribution in [3.63, 3.8) is 0 Å². The van der Waals surface area contributed by atoms with E-state index in [1.165, 1.54) is 0 Å². The number of carbonyl (C=O) groups is 2. The van der Waals surface area contributed by atoms with Gasteiger partial charge in [-0.05, 0) is 70.6 Å². The van der Waals surface area contributed by atoms with Crippen LogP contribution in [-0.2, 0) is 38.0 Å². The molecular weight excluding hydrogens is 805 g/mol. The zero-order valence-electron chi connectivity index (χ0n) is 36.6. The van der Waals surface area contributed by atoms with Crippen LogP contribution in [-0.4, -0.2) is 142 Å². The number of esters is 2. The van der Waals surface area contributed by atoms with E-state index in [4.69, 9.17) is 28.4 Å². The van der Waals surface area contributed by atoms with Crippen molar-refractivity contribution < 1.29 is 73.8 Å². The van der Waals surface area contributed by atoms with Gasteiger partial charge in [0.2, 0.25) is 0 Å². The number of carbonyl (C=O) groups excluding carboxylic acids is 2. The molecule has 7 N–H and O–H groups in total. The van der Waals surface area contributed by atoms with Crippen molar-refractivity contribution in [2.45, 2.75) is 171 Å². The molecule has 0 radical (unpaired) electrons. The van der Waals surface area contributed by atoms with Gasteiger partial charge >= 0.3 is 11.9 Å². The van der Waals surface area contributed by atoms with Crippen molar-refractivity contribution in [3.05, 3.63) is 85.1 Å². The average Bonchev–Trinajstić information content (AvgIpc) is 3.26. The maximum Gasteiger partial charge on any atom is 0.306 e. The third-order valence-electron chi connectivity index (χ3n) is 9.88. The van der Waals surface area contributed by atoms with Crippen molar-refractivity contribution in [1.82, 2.24) is 0 Å². The minimum atomic E-state index is -1.78. The molecule has 2 heterocycles. The van der Waals surface area contributed by atoms with Gasteiger partial charge in [0.15, 0.2) is 18.7 Å². The second-order valence-electron chi connectivity index (χ2n) is 15.1. The Labute approximate surface area is 367 Å². The SMILES string of the molecule is CC/C=C\C/C=C\C/C=C\C/C=C\CCC(=O)OC(COC(=O)CCCCC/C=C\C/C=C\C/C=C\CC)COC1OC(COC2OC(CO)C(O)C(O)C2O)C(O)C(O)C1O. The van der Waals surface area contributed by atoms with Gasteiger partial charge in [0.1, 0.15) is 55.4 Å². The zero-order valence-corrected chi connectivity index (χ0v) is 36.6. The predicted octanol–water partition coefficient (Wildman–Crippen LogP) is 4.48. The first-order chi connectivity index (χ1) is 30.0. The third-order valence-corrected chi connectivity index (χ3v) is 9.88. The monoisotopic (exact) mass is 879 g/mol. The molecule has 11 atom stereocenters. The van der Waals surface area contributed by atoms with E-state index in [0.29, 0.717) is 19.3 Å². The van der Waals surface area contributed by atoms with Gasteiger partial charge in [-0.15, -0.1) is 0 Å². The van der Waals surface area contributed by atoms with Crippen molar-refractivity contribution >= 4 is 11.9 Å². The number of hydrogen-bond donors (Lipinski definition) is 7. The molecular formula is C47H74O15. The quantitative estimate of drug-likeness (QED) is 0.0289. The standard InChI is InChI=1S/C47H74O15/c1-3-5-7-9-11-13-15-17-19-21-23-25-27-29-38(49)57-32-35(60-39(50)30-28-26-24-22-20-18-16-14-12-10-8-6-4-2)33-58-46-45(56)43(54)41(52)37(62-46)34-59-47-44(55)42(53)40(51)36(31-48)61-47/h5-8,11-14,17-20,24,26,35-37,40-48,51-56H,3-4,9-10,15-16,21-23,25,27-34H2,1-2H3/b7-5-,8-6-,13-11-,14-12-,19-17-,20-18-,26-24-. The number of allylic oxidation sites excluding steroid dienone is 14. The van der Waals surface area contributed by atoms with Crippen LogP contribution in [0.1, 0.15) is 104 Å². The molecule has 0 bridgehead atoms. The minimum absolute atomic E-state index is 0.0323. The fraction of sp³-hybridized carbons (Fsp3) is 0.660. The molecule has 0 aromatic carbocycles. The van der Waals surface area contributed by atoms with Crippen LogP contribution in [0.25, 0.3) is 0 Å². The lowest BCUT2D eigenvalue weighted by atomic mass is 9.98. The Morgan fingerprint density at radius 3 is 1.55 bits per heavy atom. The number of ether oxygens (including phenoxy) is 6. The molecule has 2 aliphatic heterocycles. The van der Waals surface area contributed by atoms with E-state index >= 15 is 0 Å². The van der Waals surface area contributed by atoms with Crippen LogP contribution in [0.3, 0.4) is 0 Å². The number of unbranched alkanes of at least 4 members (excludes halogenated alkanes) is 3. The van der Waals surface area contributed by atoms with Gasteiger partial charge in [-0.1, -0.05) is 105 Å². The Hall–Kier alpha value is -3.32. The minimum Gasteiger partial charge on any atom is -0.462 e. The molecule has 0 amide bonds. The first-order valence-corrected chi connectivity index (χ1v) is 22.2. The number of rotatable bonds is 31. The number of hydrogen-bond acceptors (Lipinski definition) is 15. The highest BCUT2D eigenvalue weighted by Gasteiger charge is 2.47. The fourth-order valence-corrected chi connectivity index (χ4v) is 6.24. The average molecular weight is 879 g/mol. The Morgan fingerprint density at radius 2 is 1.00 bits per heavy atom. The highest BCUT2D eigenvalue weighted by molar-refractivity contribution is 5.70. The van der Waals surface area contributed by atoms with Crippen molar-refractivity contribution in [1.29, 1.82) is 0 Å². The van der Waals surface area contributed by atoms with Crippen LogP contribution < -0.4 is 0 Å². The Kier molecular flexibility index (Phi) is 30.2. The smallest absolute Gasteiger partial charge is 0.306 e. The third kappa shape index (κ3) is 22.9. The van der Waals surface area contributed by atoms with Crippen LogP contribution in [0.15, 0.2) is 85.1 Å². The van der Waals surface area contributed by atoms with Crippen LogP contribution >= 0.6 is 0 Å². The lowest BCUT2D eigenvalue weighted by molar-refractivity contribution is -0.332. The number of aliphatic hydroxyl groups excluding tert-OH is 7. The van der Waals surface area contributed by atoms with E-state index < -0.39 is 99.3 Å². The van der Waals surface area contributed by atoms with E-state index in [1.807, 2.05) is 18.2 Å². The van der Waals surface area contributed by atoms with Crippen LogP contribution in [0, 0.1) is 0 Å². The van der Waals surface area contributed by atoms with Gasteiger partial charge in [0.25, 0.3) is 0 Å². The first kappa shape index (κ1) is 54.8. The van der Waals surface area contributed by atoms with E-state index in [0.717, 1.165) is 57.8 Å². The molecule has 0 aliphatic carbocycles. The molecule has 2 saturated heterocycles. The molecule has 0 aromatic rings. The highest BCUT2D eigenvalue weighted by Crippen LogP contribution is 2.26. The van der Waals surface area contributed by atoms with Gasteiger partial charge < -0.3 is 64.2 Å². The summed E-state index contributed by atoms with van der Waals surface area (Å²) in [6, 6.07) is 0. The van der Waals surface area contributed by atoms with E-state index in [1.54, 1.807) is 0 Å². The maximum absolute atomic E-state index is 12.9. The maximum atomic E-state index is 12.9. The largest absolute Gasteiger partial charge is 0.462 e. The molecule has 352 valence electrons. The lowest BCUT2D eigenvalue weighted by Gasteiger charge is -2.42. The molecule has 2 fully saturated rings. The van der Waals surface area contributed by atoms with Gasteiger partial charge in [-0.3, -0.25) is 9.59 Å². The topological polar surface area (TPSA) is 231 Å². The summed E-state index contributed by atoms with van der Waals surface area (Å²) in [6.45, 7) is 2.19. The zero-order chi connectivity index (χ0) is 45.4. The molecule has 11 unspecified atom stereocenters. The summed E-state index contributed by atoms with van der Waals surface area (Å²) >= 11 is 0. The molecule has 62 heavy (non-hydrogen) atoms. The summed E-state index contributed by atoms with van der Waals surface area (Å²) in [6.07, 6.45) is 22.3. The molecule has 2 aliphatic rings. The fourth-order valence-electron chi connectivity index (χ4n) is 6.24. The Balaban J connectivity index is 1.92. The van der Waals surface area contributed by atoms with E-state index in [9.17, 15) is 45.3 Å². The molecule has 0 saturated carbocycles. The van der Waals surface area contributed by atoms with Gasteiger partial charge in [0.05, 0.1) is 19.8 Å². The molecule has 2 rings (SSSR count). The molecule has 15 heteroatoms. The van der Waals surface area contributed by atoms with Crippen LogP contribution in [0.4, 0.5) is 0 Å². The normalized spacial score (nSPS) is 27.9. The Bertz CT molecular complexity index is 1410. The molecule has 0 spiro atoms. The summed E-state index contributed by atoms with van der Waals surface area (Å²) in [5.74, 6) is -1.07. The Morgan fingerprint density at radius 1 is 0.516 bits per heavy atom. The molecule has 0 aromatic heterocycles. The predicted molar refractivity (Wildman–Crippen MR) is 233 cm³/mol. The van der Waals surface area contributed by atoms with E-state index in [2.05, 4.69) is 80.7 Å². The van der Waals surface area contributed by atoms with Gasteiger partial charge in [0, 0.05) is 12.8 Å². The van der Waals surface area contributed by atoms with Gasteiger partial charge in [-0.25, -0.2) is 0 Å². The van der Waals surface area contributed by atoms with Crippen LogP contribution in [0.2, 0.25) is 0 Å². The highest BCUT2D eigenvalue weighted by atomic mass is 16.7. The van der Waals surface area contributed by atoms with Crippen molar-refractivity contribution in [2.24, 2.45) is 0 Å². The van der Waals surface area contributed by atoms with Gasteiger partial charge in [-0.2, -0.15) is 0 Å².